The molecule has 0 aliphatic rings. The minimum atomic E-state index is -2.38. The molecule has 0 aliphatic heterocycles. The third-order valence-electron chi connectivity index (χ3n) is 2.83. The third-order valence-corrected chi connectivity index (χ3v) is 5.66. The summed E-state index contributed by atoms with van der Waals surface area (Å²) < 4.78 is 16.1. The molecule has 0 radical (unpaired) electrons. The molecule has 0 spiro atoms. The molecule has 5 heteroatoms. The molecule has 1 heterocycles. The lowest BCUT2D eigenvalue weighted by Crippen LogP contribution is -2.42. The van der Waals surface area contributed by atoms with E-state index in [-0.39, 0.29) is 0 Å². The first-order valence-corrected chi connectivity index (χ1v) is 7.75. The lowest BCUT2D eigenvalue weighted by Gasteiger charge is -2.24. The molecule has 0 bridgehead atoms. The molecule has 0 saturated heterocycles. The number of nitrogens with zero attached hydrogens (tertiary/aromatic N) is 1. The fraction of sp³-hybridized carbons (Fsp3) is 0.583. The molecule has 96 valence electrons. The first-order chi connectivity index (χ1) is 8.26. The highest BCUT2D eigenvalue weighted by atomic mass is 28.4. The molecule has 1 aromatic rings. The van der Waals surface area contributed by atoms with Crippen molar-refractivity contribution in [1.82, 2.24) is 4.98 Å². The summed E-state index contributed by atoms with van der Waals surface area (Å²) in [6.07, 6.45) is 4.91. The molecular formula is C12H21NO3Si. The highest BCUT2D eigenvalue weighted by molar-refractivity contribution is 6.60. The highest BCUT2D eigenvalue weighted by Crippen LogP contribution is 2.17. The average molecular weight is 255 g/mol. The maximum atomic E-state index is 5.37. The average Bonchev–Trinajstić information content (AvgIpc) is 2.41. The minimum absolute atomic E-state index is 0.851. The predicted molar refractivity (Wildman–Crippen MR) is 68.8 cm³/mol. The minimum Gasteiger partial charge on any atom is -0.377 e. The summed E-state index contributed by atoms with van der Waals surface area (Å²) in [6, 6.07) is 6.85. The van der Waals surface area contributed by atoms with Gasteiger partial charge in [-0.1, -0.05) is 6.07 Å². The van der Waals surface area contributed by atoms with Crippen LogP contribution in [-0.4, -0.2) is 35.1 Å². The van der Waals surface area contributed by atoms with Crippen molar-refractivity contribution in [3.8, 4) is 0 Å². The van der Waals surface area contributed by atoms with Crippen LogP contribution in [0.5, 0.6) is 0 Å². The number of rotatable bonds is 8. The Morgan fingerprint density at radius 2 is 1.76 bits per heavy atom. The Labute approximate surface area is 104 Å². The molecule has 0 N–H and O–H groups in total. The Balaban J connectivity index is 2.28. The molecule has 0 aromatic carbocycles. The van der Waals surface area contributed by atoms with E-state index < -0.39 is 8.80 Å². The molecule has 0 amide bonds. The normalized spacial score (nSPS) is 11.7. The van der Waals surface area contributed by atoms with Crippen LogP contribution in [0.4, 0.5) is 0 Å². The van der Waals surface area contributed by atoms with Gasteiger partial charge in [0.05, 0.1) is 0 Å². The first kappa shape index (κ1) is 14.3. The van der Waals surface area contributed by atoms with Gasteiger partial charge in [0.25, 0.3) is 0 Å². The van der Waals surface area contributed by atoms with Crippen LogP contribution >= 0.6 is 0 Å². The van der Waals surface area contributed by atoms with Gasteiger partial charge in [0.15, 0.2) is 0 Å². The van der Waals surface area contributed by atoms with Gasteiger partial charge in [-0.05, 0) is 31.4 Å². The van der Waals surface area contributed by atoms with E-state index in [2.05, 4.69) is 4.98 Å². The van der Waals surface area contributed by atoms with Crippen LogP contribution in [0.3, 0.4) is 0 Å². The molecule has 1 rings (SSSR count). The Morgan fingerprint density at radius 3 is 2.29 bits per heavy atom. The molecule has 0 atom stereocenters. The van der Waals surface area contributed by atoms with Gasteiger partial charge in [-0.25, -0.2) is 0 Å². The number of hydrogen-bond acceptors (Lipinski definition) is 4. The molecule has 0 unspecified atom stereocenters. The van der Waals surface area contributed by atoms with Gasteiger partial charge in [-0.3, -0.25) is 4.98 Å². The van der Waals surface area contributed by atoms with Crippen LogP contribution in [0.25, 0.3) is 0 Å². The summed E-state index contributed by atoms with van der Waals surface area (Å²) >= 11 is 0. The van der Waals surface area contributed by atoms with E-state index in [1.54, 1.807) is 21.3 Å². The lowest BCUT2D eigenvalue weighted by atomic mass is 10.2. The van der Waals surface area contributed by atoms with E-state index in [9.17, 15) is 0 Å². The Hall–Kier alpha value is -0.753. The zero-order valence-electron chi connectivity index (χ0n) is 10.8. The summed E-state index contributed by atoms with van der Waals surface area (Å²) in [5.74, 6) is 0. The van der Waals surface area contributed by atoms with Gasteiger partial charge in [0.1, 0.15) is 0 Å². The van der Waals surface area contributed by atoms with Crippen LogP contribution in [0.15, 0.2) is 24.4 Å². The van der Waals surface area contributed by atoms with E-state index in [0.29, 0.717) is 0 Å². The maximum Gasteiger partial charge on any atom is 0.500 e. The highest BCUT2D eigenvalue weighted by Gasteiger charge is 2.36. The number of unbranched alkanes of at least 4 members (excludes halogenated alkanes) is 1. The zero-order chi connectivity index (χ0) is 12.6. The van der Waals surface area contributed by atoms with E-state index >= 15 is 0 Å². The van der Waals surface area contributed by atoms with Gasteiger partial charge < -0.3 is 13.3 Å². The quantitative estimate of drug-likeness (QED) is 0.528. The maximum absolute atomic E-state index is 5.37. The summed E-state index contributed by atoms with van der Waals surface area (Å²) in [5, 5.41) is 0. The summed E-state index contributed by atoms with van der Waals surface area (Å²) in [6.45, 7) is 0. The number of aromatic nitrogens is 1. The molecule has 0 aliphatic carbocycles. The monoisotopic (exact) mass is 255 g/mol. The van der Waals surface area contributed by atoms with Gasteiger partial charge in [0.2, 0.25) is 0 Å². The predicted octanol–water partition coefficient (Wildman–Crippen LogP) is 2.28. The standard InChI is InChI=1S/C12H21NO3Si/c1-14-17(15-2,16-3)11-7-5-9-12-8-4-6-10-13-12/h4,6,8,10H,5,7,9,11H2,1-3H3. The largest absolute Gasteiger partial charge is 0.500 e. The fourth-order valence-electron chi connectivity index (χ4n) is 1.75. The summed E-state index contributed by atoms with van der Waals surface area (Å²) in [4.78, 5) is 4.29. The van der Waals surface area contributed by atoms with E-state index in [0.717, 1.165) is 31.0 Å². The summed E-state index contributed by atoms with van der Waals surface area (Å²) in [5.41, 5.74) is 1.13. The van der Waals surface area contributed by atoms with Crippen molar-refractivity contribution < 1.29 is 13.3 Å². The molecule has 17 heavy (non-hydrogen) atoms. The SMILES string of the molecule is CO[Si](CCCCc1ccccn1)(OC)OC. The van der Waals surface area contributed by atoms with E-state index in [4.69, 9.17) is 13.3 Å². The van der Waals surface area contributed by atoms with Gasteiger partial charge in [-0.15, -0.1) is 0 Å². The fourth-order valence-corrected chi connectivity index (χ4v) is 3.55. The molecule has 0 saturated carbocycles. The van der Waals surface area contributed by atoms with Crippen LogP contribution in [0.2, 0.25) is 6.04 Å². The summed E-state index contributed by atoms with van der Waals surface area (Å²) in [7, 11) is 2.58. The van der Waals surface area contributed by atoms with Gasteiger partial charge >= 0.3 is 8.80 Å². The number of pyridine rings is 1. The van der Waals surface area contributed by atoms with Crippen molar-refractivity contribution >= 4 is 8.80 Å². The lowest BCUT2D eigenvalue weighted by molar-refractivity contribution is 0.123. The Morgan fingerprint density at radius 1 is 1.06 bits per heavy atom. The first-order valence-electron chi connectivity index (χ1n) is 5.81. The van der Waals surface area contributed by atoms with Crippen molar-refractivity contribution in [2.45, 2.75) is 25.3 Å². The van der Waals surface area contributed by atoms with Crippen LogP contribution in [-0.2, 0) is 19.7 Å². The van der Waals surface area contributed by atoms with Crippen molar-refractivity contribution in [2.75, 3.05) is 21.3 Å². The molecule has 4 nitrogen and oxygen atoms in total. The molecular weight excluding hydrogens is 234 g/mol. The smallest absolute Gasteiger partial charge is 0.377 e. The number of hydrogen-bond donors (Lipinski definition) is 0. The second kappa shape index (κ2) is 7.55. The van der Waals surface area contributed by atoms with Crippen LogP contribution in [0, 0.1) is 0 Å². The Kier molecular flexibility index (Phi) is 6.35. The van der Waals surface area contributed by atoms with Crippen molar-refractivity contribution in [1.29, 1.82) is 0 Å². The topological polar surface area (TPSA) is 40.6 Å². The van der Waals surface area contributed by atoms with E-state index in [1.165, 1.54) is 0 Å². The molecule has 0 fully saturated rings. The van der Waals surface area contributed by atoms with Crippen molar-refractivity contribution in [2.24, 2.45) is 0 Å². The van der Waals surface area contributed by atoms with Crippen molar-refractivity contribution in [3.05, 3.63) is 30.1 Å². The zero-order valence-corrected chi connectivity index (χ0v) is 11.8. The third kappa shape index (κ3) is 4.55. The number of aryl methyl sites for hydroxylation is 1. The van der Waals surface area contributed by atoms with Crippen LogP contribution in [0.1, 0.15) is 18.5 Å². The molecule has 1 aromatic heterocycles. The van der Waals surface area contributed by atoms with Crippen molar-refractivity contribution in [3.63, 3.8) is 0 Å². The van der Waals surface area contributed by atoms with Gasteiger partial charge in [0, 0.05) is 39.3 Å². The van der Waals surface area contributed by atoms with E-state index in [1.807, 2.05) is 24.4 Å². The second-order valence-corrected chi connectivity index (χ2v) is 6.91. The van der Waals surface area contributed by atoms with Gasteiger partial charge in [-0.2, -0.15) is 0 Å². The van der Waals surface area contributed by atoms with Crippen LogP contribution < -0.4 is 0 Å². The second-order valence-electron chi connectivity index (χ2n) is 3.82. The Bertz CT molecular complexity index is 296.